The zero-order valence-electron chi connectivity index (χ0n) is 20.9. The summed E-state index contributed by atoms with van der Waals surface area (Å²) in [4.78, 5) is 25.9. The minimum Gasteiger partial charge on any atom is -0.489 e. The molecule has 38 heavy (non-hydrogen) atoms. The van der Waals surface area contributed by atoms with Crippen LogP contribution in [0.25, 0.3) is 16.8 Å². The van der Waals surface area contributed by atoms with Gasteiger partial charge in [0.25, 0.3) is 0 Å². The third kappa shape index (κ3) is 6.89. The van der Waals surface area contributed by atoms with E-state index in [9.17, 15) is 9.59 Å². The van der Waals surface area contributed by atoms with Crippen LogP contribution in [-0.4, -0.2) is 45.0 Å². The Balaban J connectivity index is 0.000000219. The number of carbonyl (C=O) groups is 2. The van der Waals surface area contributed by atoms with Crippen molar-refractivity contribution < 1.29 is 19.4 Å². The van der Waals surface area contributed by atoms with Crippen molar-refractivity contribution >= 4 is 17.9 Å². The van der Waals surface area contributed by atoms with Crippen LogP contribution in [0.3, 0.4) is 0 Å². The van der Waals surface area contributed by atoms with Gasteiger partial charge in [0.1, 0.15) is 24.1 Å². The molecular weight excluding hydrogens is 480 g/mol. The second-order valence-electron chi connectivity index (χ2n) is 8.46. The zero-order valence-corrected chi connectivity index (χ0v) is 20.9. The lowest BCUT2D eigenvalue weighted by molar-refractivity contribution is -0.139. The molecule has 1 unspecified atom stereocenters. The summed E-state index contributed by atoms with van der Waals surface area (Å²) in [5.74, 6) is -0.0167. The van der Waals surface area contributed by atoms with Crippen molar-refractivity contribution in [3.8, 4) is 16.9 Å². The van der Waals surface area contributed by atoms with Crippen LogP contribution in [0, 0.1) is 0 Å². The zero-order chi connectivity index (χ0) is 26.7. The fraction of sp³-hybridized carbons (Fsp3) is 0.133. The largest absolute Gasteiger partial charge is 0.489 e. The summed E-state index contributed by atoms with van der Waals surface area (Å²) < 4.78 is 7.46. The number of nitrogens with zero attached hydrogens (tertiary/aromatic N) is 3. The monoisotopic (exact) mass is 508 g/mol. The average Bonchev–Trinajstić information content (AvgIpc) is 3.39. The number of aldehydes is 1. The van der Waals surface area contributed by atoms with E-state index in [1.165, 1.54) is 0 Å². The molecule has 5 aromatic rings. The van der Waals surface area contributed by atoms with Gasteiger partial charge in [-0.3, -0.25) is 9.59 Å². The van der Waals surface area contributed by atoms with Crippen LogP contribution in [-0.2, 0) is 17.8 Å². The molecule has 8 heteroatoms. The van der Waals surface area contributed by atoms with Crippen LogP contribution in [0.1, 0.15) is 21.6 Å². The SMILES string of the molecule is CNC(Cc1ccccc1)C(=O)O.O=Cc1ccn2ncc(-c3ccc(OCc4ccccc4)cc3)c2n1. The molecule has 0 spiro atoms. The van der Waals surface area contributed by atoms with Gasteiger partial charge < -0.3 is 15.2 Å². The molecule has 0 saturated heterocycles. The summed E-state index contributed by atoms with van der Waals surface area (Å²) in [7, 11) is 1.65. The maximum Gasteiger partial charge on any atom is 0.321 e. The van der Waals surface area contributed by atoms with E-state index in [0.717, 1.165) is 34.3 Å². The summed E-state index contributed by atoms with van der Waals surface area (Å²) >= 11 is 0. The second-order valence-corrected chi connectivity index (χ2v) is 8.46. The highest BCUT2D eigenvalue weighted by Gasteiger charge is 2.14. The molecule has 0 radical (unpaired) electrons. The van der Waals surface area contributed by atoms with Gasteiger partial charge in [-0.05, 0) is 48.4 Å². The highest BCUT2D eigenvalue weighted by molar-refractivity contribution is 5.80. The number of carboxylic acids is 1. The number of likely N-dealkylation sites (N-methyl/N-ethyl adjacent to an activating group) is 1. The molecule has 1 atom stereocenters. The average molecular weight is 509 g/mol. The number of rotatable bonds is 9. The molecule has 2 N–H and O–H groups in total. The van der Waals surface area contributed by atoms with Crippen molar-refractivity contribution in [2.75, 3.05) is 7.05 Å². The van der Waals surface area contributed by atoms with Crippen LogP contribution in [0.5, 0.6) is 5.75 Å². The van der Waals surface area contributed by atoms with Crippen molar-refractivity contribution in [3.05, 3.63) is 120 Å². The lowest BCUT2D eigenvalue weighted by atomic mass is 10.1. The van der Waals surface area contributed by atoms with Gasteiger partial charge in [0.15, 0.2) is 11.9 Å². The van der Waals surface area contributed by atoms with Crippen LogP contribution in [0.4, 0.5) is 0 Å². The van der Waals surface area contributed by atoms with Gasteiger partial charge in [-0.25, -0.2) is 9.50 Å². The smallest absolute Gasteiger partial charge is 0.321 e. The molecule has 0 aliphatic heterocycles. The van der Waals surface area contributed by atoms with E-state index in [4.69, 9.17) is 9.84 Å². The number of nitrogens with one attached hydrogen (secondary N) is 1. The van der Waals surface area contributed by atoms with Gasteiger partial charge in [-0.1, -0.05) is 72.8 Å². The Morgan fingerprint density at radius 1 is 0.974 bits per heavy atom. The second kappa shape index (κ2) is 12.9. The third-order valence-electron chi connectivity index (χ3n) is 5.85. The molecule has 0 aliphatic rings. The van der Waals surface area contributed by atoms with Gasteiger partial charge in [-0.2, -0.15) is 5.10 Å². The first-order chi connectivity index (χ1) is 18.6. The van der Waals surface area contributed by atoms with Gasteiger partial charge in [0.05, 0.1) is 6.20 Å². The van der Waals surface area contributed by atoms with Gasteiger partial charge >= 0.3 is 5.97 Å². The van der Waals surface area contributed by atoms with Crippen LogP contribution in [0.2, 0.25) is 0 Å². The highest BCUT2D eigenvalue weighted by Crippen LogP contribution is 2.26. The number of carboxylic acid groups (broad SMARTS) is 1. The Bertz CT molecular complexity index is 1470. The van der Waals surface area contributed by atoms with Gasteiger partial charge in [-0.15, -0.1) is 0 Å². The molecule has 0 aliphatic carbocycles. The number of ether oxygens (including phenoxy) is 1. The molecule has 2 heterocycles. The van der Waals surface area contributed by atoms with E-state index < -0.39 is 12.0 Å². The molecule has 0 amide bonds. The first kappa shape index (κ1) is 26.2. The molecule has 5 rings (SSSR count). The Morgan fingerprint density at radius 2 is 1.63 bits per heavy atom. The predicted octanol–water partition coefficient (Wildman–Crippen LogP) is 4.69. The lowest BCUT2D eigenvalue weighted by Gasteiger charge is -2.10. The van der Waals surface area contributed by atoms with Crippen molar-refractivity contribution in [1.82, 2.24) is 19.9 Å². The van der Waals surface area contributed by atoms with Crippen molar-refractivity contribution in [2.24, 2.45) is 0 Å². The molecule has 192 valence electrons. The minimum absolute atomic E-state index is 0.386. The van der Waals surface area contributed by atoms with E-state index in [1.54, 1.807) is 30.0 Å². The summed E-state index contributed by atoms with van der Waals surface area (Å²) in [6.45, 7) is 0.529. The third-order valence-corrected chi connectivity index (χ3v) is 5.85. The van der Waals surface area contributed by atoms with E-state index in [-0.39, 0.29) is 0 Å². The van der Waals surface area contributed by atoms with E-state index in [1.807, 2.05) is 84.9 Å². The van der Waals surface area contributed by atoms with Crippen LogP contribution in [0.15, 0.2) is 103 Å². The maximum absolute atomic E-state index is 10.9. The number of carbonyl (C=O) groups excluding carboxylic acids is 1. The maximum atomic E-state index is 10.9. The van der Waals surface area contributed by atoms with Crippen molar-refractivity contribution in [1.29, 1.82) is 0 Å². The normalized spacial score (nSPS) is 11.3. The van der Waals surface area contributed by atoms with Crippen LogP contribution >= 0.6 is 0 Å². The molecule has 0 saturated carbocycles. The van der Waals surface area contributed by atoms with E-state index in [0.29, 0.717) is 24.4 Å². The number of benzene rings is 3. The lowest BCUT2D eigenvalue weighted by Crippen LogP contribution is -2.35. The first-order valence-corrected chi connectivity index (χ1v) is 12.1. The molecular formula is C30H28N4O4. The Morgan fingerprint density at radius 3 is 2.24 bits per heavy atom. The minimum atomic E-state index is -0.814. The fourth-order valence-electron chi connectivity index (χ4n) is 3.79. The topological polar surface area (TPSA) is 106 Å². The Labute approximate surface area is 220 Å². The van der Waals surface area contributed by atoms with Gasteiger partial charge in [0, 0.05) is 11.8 Å². The summed E-state index contributed by atoms with van der Waals surface area (Å²) in [5.41, 5.74) is 5.04. The highest BCUT2D eigenvalue weighted by atomic mass is 16.5. The van der Waals surface area contributed by atoms with Gasteiger partial charge in [0.2, 0.25) is 0 Å². The Hall–Kier alpha value is -4.82. The van der Waals surface area contributed by atoms with E-state index in [2.05, 4.69) is 15.4 Å². The summed E-state index contributed by atoms with van der Waals surface area (Å²) in [5, 5.41) is 15.8. The number of aliphatic carboxylic acids is 1. The molecule has 8 nitrogen and oxygen atoms in total. The first-order valence-electron chi connectivity index (χ1n) is 12.1. The number of hydrogen-bond donors (Lipinski definition) is 2. The number of fused-ring (bicyclic) bond motifs is 1. The van der Waals surface area contributed by atoms with Crippen LogP contribution < -0.4 is 10.1 Å². The van der Waals surface area contributed by atoms with Crippen molar-refractivity contribution in [2.45, 2.75) is 19.1 Å². The predicted molar refractivity (Wildman–Crippen MR) is 145 cm³/mol. The summed E-state index contributed by atoms with van der Waals surface area (Å²) in [6.07, 6.45) is 4.73. The quantitative estimate of drug-likeness (QED) is 0.278. The molecule has 0 fully saturated rings. The fourth-order valence-corrected chi connectivity index (χ4v) is 3.79. The standard InChI is InChI=1S/C20H15N3O2.C10H13NO2/c24-13-17-10-11-23-20(22-17)19(12-21-23)16-6-8-18(9-7-16)25-14-15-4-2-1-3-5-15;1-11-9(10(12)13)7-8-5-3-2-4-6-8/h1-13H,14H2;2-6,9,11H,7H2,1H3,(H,12,13). The number of aromatic nitrogens is 3. The molecule has 0 bridgehead atoms. The molecule has 3 aromatic carbocycles. The molecule has 2 aromatic heterocycles. The summed E-state index contributed by atoms with van der Waals surface area (Å²) in [6, 6.07) is 28.5. The van der Waals surface area contributed by atoms with Crippen molar-refractivity contribution in [3.63, 3.8) is 0 Å². The number of hydrogen-bond acceptors (Lipinski definition) is 6. The Kier molecular flexibility index (Phi) is 8.93. The van der Waals surface area contributed by atoms with E-state index >= 15 is 0 Å².